The molecule has 17 heavy (non-hydrogen) atoms. The Bertz CT molecular complexity index is 433. The molecule has 92 valence electrons. The molecule has 1 amide bonds. The van der Waals surface area contributed by atoms with Gasteiger partial charge in [-0.3, -0.25) is 9.59 Å². The van der Waals surface area contributed by atoms with Gasteiger partial charge in [0.2, 0.25) is 0 Å². The minimum Gasteiger partial charge on any atom is -0.480 e. The van der Waals surface area contributed by atoms with Gasteiger partial charge in [0.15, 0.2) is 5.76 Å². The van der Waals surface area contributed by atoms with Gasteiger partial charge in [-0.15, -0.1) is 0 Å². The summed E-state index contributed by atoms with van der Waals surface area (Å²) in [5.74, 6) is -0.0246. The van der Waals surface area contributed by atoms with Crippen LogP contribution in [0.25, 0.3) is 0 Å². The van der Waals surface area contributed by atoms with E-state index in [1.165, 1.54) is 4.90 Å². The SMILES string of the molecule is Cc1ccc(C(=O)N(CC(=O)O)CC2CC2)o1. The summed E-state index contributed by atoms with van der Waals surface area (Å²) >= 11 is 0. The lowest BCUT2D eigenvalue weighted by Gasteiger charge is -2.19. The van der Waals surface area contributed by atoms with Crippen molar-refractivity contribution in [3.8, 4) is 0 Å². The number of carbonyl (C=O) groups is 2. The summed E-state index contributed by atoms with van der Waals surface area (Å²) in [5.41, 5.74) is 0. The van der Waals surface area contributed by atoms with E-state index >= 15 is 0 Å². The normalized spacial score (nSPS) is 14.6. The maximum Gasteiger partial charge on any atom is 0.323 e. The second-order valence-electron chi connectivity index (χ2n) is 4.43. The van der Waals surface area contributed by atoms with Crippen LogP contribution in [-0.4, -0.2) is 35.0 Å². The lowest BCUT2D eigenvalue weighted by atomic mass is 10.3. The molecule has 1 heterocycles. The van der Waals surface area contributed by atoms with Crippen molar-refractivity contribution in [1.29, 1.82) is 0 Å². The molecule has 1 fully saturated rings. The van der Waals surface area contributed by atoms with Crippen LogP contribution in [0.1, 0.15) is 29.2 Å². The van der Waals surface area contributed by atoms with Crippen molar-refractivity contribution >= 4 is 11.9 Å². The third-order valence-electron chi connectivity index (χ3n) is 2.74. The van der Waals surface area contributed by atoms with Gasteiger partial charge in [0.25, 0.3) is 5.91 Å². The zero-order valence-electron chi connectivity index (χ0n) is 9.68. The van der Waals surface area contributed by atoms with E-state index in [0.717, 1.165) is 12.8 Å². The number of carboxylic acids is 1. The minimum absolute atomic E-state index is 0.212. The summed E-state index contributed by atoms with van der Waals surface area (Å²) in [4.78, 5) is 24.1. The number of aryl methyl sites for hydroxylation is 1. The highest BCUT2D eigenvalue weighted by Crippen LogP contribution is 2.30. The first-order chi connectivity index (χ1) is 8.06. The van der Waals surface area contributed by atoms with Crippen molar-refractivity contribution in [2.75, 3.05) is 13.1 Å². The molecular weight excluding hydrogens is 222 g/mol. The Labute approximate surface area is 99.0 Å². The summed E-state index contributed by atoms with van der Waals surface area (Å²) in [6, 6.07) is 3.28. The topological polar surface area (TPSA) is 70.8 Å². The van der Waals surface area contributed by atoms with Gasteiger partial charge in [0.1, 0.15) is 12.3 Å². The Kier molecular flexibility index (Phi) is 3.17. The van der Waals surface area contributed by atoms with E-state index in [0.29, 0.717) is 18.2 Å². The van der Waals surface area contributed by atoms with Crippen molar-refractivity contribution in [1.82, 2.24) is 4.90 Å². The predicted octanol–water partition coefficient (Wildman–Crippen LogP) is 1.52. The number of hydrogen-bond donors (Lipinski definition) is 1. The molecular formula is C12H15NO4. The molecule has 0 unspecified atom stereocenters. The number of hydrogen-bond acceptors (Lipinski definition) is 3. The number of carboxylic acid groups (broad SMARTS) is 1. The standard InChI is InChI=1S/C12H15NO4/c1-8-2-5-10(17-8)12(16)13(7-11(14)15)6-9-3-4-9/h2,5,9H,3-4,6-7H2,1H3,(H,14,15). The summed E-state index contributed by atoms with van der Waals surface area (Å²) in [7, 11) is 0. The fourth-order valence-corrected chi connectivity index (χ4v) is 1.70. The predicted molar refractivity (Wildman–Crippen MR) is 59.7 cm³/mol. The molecule has 0 radical (unpaired) electrons. The maximum absolute atomic E-state index is 12.0. The van der Waals surface area contributed by atoms with E-state index in [4.69, 9.17) is 9.52 Å². The molecule has 0 aromatic carbocycles. The molecule has 5 nitrogen and oxygen atoms in total. The van der Waals surface area contributed by atoms with Crippen LogP contribution in [0, 0.1) is 12.8 Å². The average molecular weight is 237 g/mol. The lowest BCUT2D eigenvalue weighted by molar-refractivity contribution is -0.137. The molecule has 0 aliphatic heterocycles. The van der Waals surface area contributed by atoms with Crippen molar-refractivity contribution < 1.29 is 19.1 Å². The van der Waals surface area contributed by atoms with Crippen LogP contribution in [0.2, 0.25) is 0 Å². The van der Waals surface area contributed by atoms with Crippen molar-refractivity contribution in [3.05, 3.63) is 23.7 Å². The zero-order chi connectivity index (χ0) is 12.4. The first-order valence-electron chi connectivity index (χ1n) is 5.64. The molecule has 1 N–H and O–H groups in total. The van der Waals surface area contributed by atoms with E-state index in [-0.39, 0.29) is 18.2 Å². The van der Waals surface area contributed by atoms with E-state index in [2.05, 4.69) is 0 Å². The van der Waals surface area contributed by atoms with E-state index in [1.807, 2.05) is 0 Å². The molecule has 2 rings (SSSR count). The quantitative estimate of drug-likeness (QED) is 0.842. The Morgan fingerprint density at radius 3 is 2.65 bits per heavy atom. The van der Waals surface area contributed by atoms with E-state index in [9.17, 15) is 9.59 Å². The molecule has 0 spiro atoms. The number of rotatable bonds is 5. The van der Waals surface area contributed by atoms with Gasteiger partial charge in [-0.25, -0.2) is 0 Å². The summed E-state index contributed by atoms with van der Waals surface area (Å²) in [6.45, 7) is 1.99. The van der Waals surface area contributed by atoms with Gasteiger partial charge >= 0.3 is 5.97 Å². The third kappa shape index (κ3) is 3.09. The molecule has 1 saturated carbocycles. The summed E-state index contributed by atoms with van der Waals surface area (Å²) in [6.07, 6.45) is 2.14. The van der Waals surface area contributed by atoms with E-state index < -0.39 is 5.97 Å². The zero-order valence-corrected chi connectivity index (χ0v) is 9.68. The minimum atomic E-state index is -0.998. The van der Waals surface area contributed by atoms with Crippen LogP contribution in [0.3, 0.4) is 0 Å². The number of furan rings is 1. The average Bonchev–Trinajstić information content (AvgIpc) is 2.96. The van der Waals surface area contributed by atoms with Crippen LogP contribution in [-0.2, 0) is 4.79 Å². The van der Waals surface area contributed by atoms with Gasteiger partial charge in [0, 0.05) is 6.54 Å². The lowest BCUT2D eigenvalue weighted by Crippen LogP contribution is -2.37. The smallest absolute Gasteiger partial charge is 0.323 e. The molecule has 0 bridgehead atoms. The fraction of sp³-hybridized carbons (Fsp3) is 0.500. The Hall–Kier alpha value is -1.78. The largest absolute Gasteiger partial charge is 0.480 e. The van der Waals surface area contributed by atoms with Crippen LogP contribution in [0.4, 0.5) is 0 Å². The number of nitrogens with zero attached hydrogens (tertiary/aromatic N) is 1. The number of amides is 1. The Morgan fingerprint density at radius 2 is 2.18 bits per heavy atom. The third-order valence-corrected chi connectivity index (χ3v) is 2.74. The molecule has 0 saturated heterocycles. The van der Waals surface area contributed by atoms with Crippen LogP contribution >= 0.6 is 0 Å². The molecule has 0 atom stereocenters. The highest BCUT2D eigenvalue weighted by atomic mass is 16.4. The van der Waals surface area contributed by atoms with Crippen molar-refractivity contribution in [2.45, 2.75) is 19.8 Å². The van der Waals surface area contributed by atoms with E-state index in [1.54, 1.807) is 19.1 Å². The van der Waals surface area contributed by atoms with Gasteiger partial charge in [0.05, 0.1) is 0 Å². The Morgan fingerprint density at radius 1 is 1.47 bits per heavy atom. The summed E-state index contributed by atoms with van der Waals surface area (Å²) in [5, 5.41) is 8.79. The second kappa shape index (κ2) is 4.61. The molecule has 1 aliphatic rings. The molecule has 5 heteroatoms. The van der Waals surface area contributed by atoms with Crippen LogP contribution < -0.4 is 0 Å². The van der Waals surface area contributed by atoms with Crippen LogP contribution in [0.5, 0.6) is 0 Å². The van der Waals surface area contributed by atoms with Crippen molar-refractivity contribution in [3.63, 3.8) is 0 Å². The number of aliphatic carboxylic acids is 1. The highest BCUT2D eigenvalue weighted by molar-refractivity contribution is 5.93. The molecule has 1 aliphatic carbocycles. The highest BCUT2D eigenvalue weighted by Gasteiger charge is 2.29. The Balaban J connectivity index is 2.07. The van der Waals surface area contributed by atoms with Gasteiger partial charge in [-0.1, -0.05) is 0 Å². The van der Waals surface area contributed by atoms with Gasteiger partial charge in [-0.05, 0) is 37.8 Å². The van der Waals surface area contributed by atoms with Gasteiger partial charge in [-0.2, -0.15) is 0 Å². The van der Waals surface area contributed by atoms with Gasteiger partial charge < -0.3 is 14.4 Å². The van der Waals surface area contributed by atoms with Crippen molar-refractivity contribution in [2.24, 2.45) is 5.92 Å². The first-order valence-corrected chi connectivity index (χ1v) is 5.64. The second-order valence-corrected chi connectivity index (χ2v) is 4.43. The fourth-order valence-electron chi connectivity index (χ4n) is 1.70. The van der Waals surface area contributed by atoms with Crippen LogP contribution in [0.15, 0.2) is 16.5 Å². The maximum atomic E-state index is 12.0. The first kappa shape index (κ1) is 11.7. The summed E-state index contributed by atoms with van der Waals surface area (Å²) < 4.78 is 5.23. The number of carbonyl (C=O) groups excluding carboxylic acids is 1. The molecule has 1 aromatic heterocycles. The molecule has 1 aromatic rings. The monoisotopic (exact) mass is 237 g/mol.